The predicted molar refractivity (Wildman–Crippen MR) is 139 cm³/mol. The van der Waals surface area contributed by atoms with E-state index in [9.17, 15) is 29.1 Å². The summed E-state index contributed by atoms with van der Waals surface area (Å²) in [6.45, 7) is 8.38. The van der Waals surface area contributed by atoms with Gasteiger partial charge in [-0.25, -0.2) is 4.79 Å². The number of hydrogen-bond donors (Lipinski definition) is 6. The van der Waals surface area contributed by atoms with Gasteiger partial charge in [0.1, 0.15) is 18.1 Å². The third-order valence-electron chi connectivity index (χ3n) is 5.94. The van der Waals surface area contributed by atoms with E-state index in [1.54, 1.807) is 6.92 Å². The summed E-state index contributed by atoms with van der Waals surface area (Å²) in [4.78, 5) is 61.6. The maximum atomic E-state index is 12.9. The third kappa shape index (κ3) is 11.4. The lowest BCUT2D eigenvalue weighted by atomic mass is 9.96. The van der Waals surface area contributed by atoms with Crippen molar-refractivity contribution in [1.29, 1.82) is 0 Å². The summed E-state index contributed by atoms with van der Waals surface area (Å²) in [6.07, 6.45) is 1.11. The highest BCUT2D eigenvalue weighted by Gasteiger charge is 2.31. The summed E-state index contributed by atoms with van der Waals surface area (Å²) in [5, 5.41) is 19.5. The van der Waals surface area contributed by atoms with E-state index in [2.05, 4.69) is 21.3 Å². The number of carboxylic acid groups (broad SMARTS) is 1. The second-order valence-corrected chi connectivity index (χ2v) is 9.70. The molecule has 7 N–H and O–H groups in total. The number of benzene rings is 1. The molecule has 0 heterocycles. The fourth-order valence-corrected chi connectivity index (χ4v) is 3.55. The van der Waals surface area contributed by atoms with Crippen LogP contribution in [0.2, 0.25) is 0 Å². The first kappa shape index (κ1) is 31.6. The second-order valence-electron chi connectivity index (χ2n) is 9.70. The molecule has 0 bridgehead atoms. The highest BCUT2D eigenvalue weighted by Crippen LogP contribution is 2.11. The molecule has 0 radical (unpaired) electrons. The molecule has 1 aromatic carbocycles. The molecular weight excluding hydrogens is 478 g/mol. The van der Waals surface area contributed by atoms with Crippen molar-refractivity contribution in [3.05, 3.63) is 35.9 Å². The average Bonchev–Trinajstić information content (AvgIpc) is 2.84. The van der Waals surface area contributed by atoms with Crippen molar-refractivity contribution in [3.63, 3.8) is 0 Å². The number of carbonyl (C=O) groups is 5. The number of carboxylic acids is 1. The van der Waals surface area contributed by atoms with Crippen molar-refractivity contribution in [1.82, 2.24) is 21.3 Å². The zero-order chi connectivity index (χ0) is 28.1. The molecule has 206 valence electrons. The van der Waals surface area contributed by atoms with Gasteiger partial charge in [-0.3, -0.25) is 19.2 Å². The average molecular weight is 520 g/mol. The molecule has 0 saturated carbocycles. The van der Waals surface area contributed by atoms with E-state index < -0.39 is 53.8 Å². The Labute approximate surface area is 218 Å². The largest absolute Gasteiger partial charge is 0.480 e. The lowest BCUT2D eigenvalue weighted by Gasteiger charge is -2.27. The van der Waals surface area contributed by atoms with Gasteiger partial charge in [-0.2, -0.15) is 0 Å². The maximum absolute atomic E-state index is 12.9. The Kier molecular flexibility index (Phi) is 13.3. The van der Waals surface area contributed by atoms with Crippen LogP contribution >= 0.6 is 0 Å². The van der Waals surface area contributed by atoms with Crippen molar-refractivity contribution in [2.75, 3.05) is 6.54 Å². The lowest BCUT2D eigenvalue weighted by Crippen LogP contribution is -2.57. The quantitative estimate of drug-likeness (QED) is 0.193. The fourth-order valence-electron chi connectivity index (χ4n) is 3.55. The monoisotopic (exact) mass is 519 g/mol. The number of hydrogen-bond acceptors (Lipinski definition) is 6. The van der Waals surface area contributed by atoms with E-state index in [-0.39, 0.29) is 24.8 Å². The van der Waals surface area contributed by atoms with Crippen LogP contribution in [0.1, 0.15) is 53.0 Å². The molecule has 5 unspecified atom stereocenters. The van der Waals surface area contributed by atoms with E-state index in [0.717, 1.165) is 5.56 Å². The fraction of sp³-hybridized carbons (Fsp3) is 0.577. The summed E-state index contributed by atoms with van der Waals surface area (Å²) in [6, 6.07) is 5.32. The lowest BCUT2D eigenvalue weighted by molar-refractivity contribution is -0.143. The minimum absolute atomic E-state index is 0.0432. The van der Waals surface area contributed by atoms with Crippen LogP contribution in [-0.2, 0) is 30.4 Å². The van der Waals surface area contributed by atoms with E-state index in [0.29, 0.717) is 12.8 Å². The molecule has 5 atom stereocenters. The Morgan fingerprint density at radius 1 is 0.892 bits per heavy atom. The number of rotatable bonds is 15. The van der Waals surface area contributed by atoms with Crippen LogP contribution in [0, 0.1) is 11.8 Å². The first-order valence-electron chi connectivity index (χ1n) is 12.6. The van der Waals surface area contributed by atoms with Gasteiger partial charge in [-0.15, -0.1) is 0 Å². The minimum Gasteiger partial charge on any atom is -0.480 e. The summed E-state index contributed by atoms with van der Waals surface area (Å²) in [5.74, 6) is -3.71. The molecule has 11 heteroatoms. The van der Waals surface area contributed by atoms with Gasteiger partial charge in [0.05, 0.1) is 12.6 Å². The van der Waals surface area contributed by atoms with Crippen LogP contribution in [0.25, 0.3) is 0 Å². The van der Waals surface area contributed by atoms with Gasteiger partial charge in [0.2, 0.25) is 23.6 Å². The summed E-state index contributed by atoms with van der Waals surface area (Å²) >= 11 is 0. The summed E-state index contributed by atoms with van der Waals surface area (Å²) < 4.78 is 0. The Hall–Kier alpha value is -3.47. The molecule has 0 aromatic heterocycles. The van der Waals surface area contributed by atoms with Gasteiger partial charge in [0.25, 0.3) is 0 Å². The van der Waals surface area contributed by atoms with Crippen LogP contribution in [0.15, 0.2) is 30.3 Å². The first-order valence-corrected chi connectivity index (χ1v) is 12.6. The Morgan fingerprint density at radius 3 is 2.05 bits per heavy atom. The summed E-state index contributed by atoms with van der Waals surface area (Å²) in [7, 11) is 0. The Morgan fingerprint density at radius 2 is 1.51 bits per heavy atom. The van der Waals surface area contributed by atoms with E-state index in [1.807, 2.05) is 51.1 Å². The van der Waals surface area contributed by atoms with Crippen LogP contribution in [0.3, 0.4) is 0 Å². The molecule has 0 aliphatic rings. The van der Waals surface area contributed by atoms with E-state index >= 15 is 0 Å². The first-order chi connectivity index (χ1) is 17.3. The van der Waals surface area contributed by atoms with Crippen molar-refractivity contribution >= 4 is 29.6 Å². The molecule has 0 aliphatic heterocycles. The van der Waals surface area contributed by atoms with Crippen LogP contribution in [-0.4, -0.2) is 65.4 Å². The van der Waals surface area contributed by atoms with Crippen molar-refractivity contribution < 1.29 is 29.1 Å². The molecule has 0 saturated heterocycles. The van der Waals surface area contributed by atoms with Crippen molar-refractivity contribution in [2.45, 2.75) is 78.0 Å². The normalized spacial score (nSPS) is 15.0. The summed E-state index contributed by atoms with van der Waals surface area (Å²) in [5.41, 5.74) is 6.79. The van der Waals surface area contributed by atoms with Gasteiger partial charge in [-0.05, 0) is 37.2 Å². The topological polar surface area (TPSA) is 180 Å². The minimum atomic E-state index is -1.15. The van der Waals surface area contributed by atoms with E-state index in [4.69, 9.17) is 5.73 Å². The number of carbonyl (C=O) groups excluding carboxylic acids is 4. The third-order valence-corrected chi connectivity index (χ3v) is 5.94. The van der Waals surface area contributed by atoms with Gasteiger partial charge < -0.3 is 32.1 Å². The second kappa shape index (κ2) is 15.6. The zero-order valence-corrected chi connectivity index (χ0v) is 22.2. The standard InChI is InChI=1S/C26H41N5O6/c1-6-16(4)22(25(35)30-20(26(36)37)12-15(2)3)31-23(33)17(5)29-21(32)14-28-24(34)19(27)13-18-10-8-7-9-11-18/h7-11,15-17,19-20,22H,6,12-14,27H2,1-5H3,(H,28,34)(H,29,32)(H,30,35)(H,31,33)(H,36,37). The van der Waals surface area contributed by atoms with E-state index in [1.165, 1.54) is 6.92 Å². The molecule has 1 rings (SSSR count). The predicted octanol–water partition coefficient (Wildman–Crippen LogP) is 0.324. The van der Waals surface area contributed by atoms with Gasteiger partial charge in [-0.1, -0.05) is 64.4 Å². The molecular formula is C26H41N5O6. The molecule has 0 spiro atoms. The smallest absolute Gasteiger partial charge is 0.326 e. The molecule has 1 aromatic rings. The van der Waals surface area contributed by atoms with Crippen molar-refractivity contribution in [2.24, 2.45) is 17.6 Å². The molecule has 11 nitrogen and oxygen atoms in total. The number of aliphatic carboxylic acids is 1. The number of nitrogens with two attached hydrogens (primary N) is 1. The SMILES string of the molecule is CCC(C)C(NC(=O)C(C)NC(=O)CNC(=O)C(N)Cc1ccccc1)C(=O)NC(CC(C)C)C(=O)O. The number of amides is 4. The van der Waals surface area contributed by atoms with Crippen LogP contribution < -0.4 is 27.0 Å². The molecule has 0 fully saturated rings. The maximum Gasteiger partial charge on any atom is 0.326 e. The molecule has 0 aliphatic carbocycles. The van der Waals surface area contributed by atoms with Gasteiger partial charge in [0.15, 0.2) is 0 Å². The highest BCUT2D eigenvalue weighted by atomic mass is 16.4. The Balaban J connectivity index is 2.64. The highest BCUT2D eigenvalue weighted by molar-refractivity contribution is 5.94. The van der Waals surface area contributed by atoms with Gasteiger partial charge >= 0.3 is 5.97 Å². The zero-order valence-electron chi connectivity index (χ0n) is 22.2. The molecule has 37 heavy (non-hydrogen) atoms. The van der Waals surface area contributed by atoms with Crippen LogP contribution in [0.5, 0.6) is 0 Å². The Bertz CT molecular complexity index is 923. The van der Waals surface area contributed by atoms with Crippen LogP contribution in [0.4, 0.5) is 0 Å². The van der Waals surface area contributed by atoms with Crippen molar-refractivity contribution in [3.8, 4) is 0 Å². The molecule has 4 amide bonds. The van der Waals surface area contributed by atoms with Gasteiger partial charge in [0, 0.05) is 0 Å². The number of nitrogens with one attached hydrogen (secondary N) is 4.